The van der Waals surface area contributed by atoms with Crippen molar-refractivity contribution in [3.05, 3.63) is 0 Å². The number of nitrogens with one attached hydrogen (secondary N) is 3. The number of piperidine rings is 4. The topological polar surface area (TPSA) is 157 Å². The first-order valence-corrected chi connectivity index (χ1v) is 22.4. The van der Waals surface area contributed by atoms with Crippen LogP contribution >= 0.6 is 0 Å². The van der Waals surface area contributed by atoms with E-state index in [0.29, 0.717) is 34.8 Å². The Morgan fingerprint density at radius 2 is 1.18 bits per heavy atom. The van der Waals surface area contributed by atoms with Crippen LogP contribution in [0, 0.1) is 35.0 Å². The van der Waals surface area contributed by atoms with Gasteiger partial charge < -0.3 is 50.4 Å². The predicted octanol–water partition coefficient (Wildman–Crippen LogP) is 6.67. The number of alkyl carbamates (subject to hydrolysis) is 1. The van der Waals surface area contributed by atoms with Gasteiger partial charge in [-0.15, -0.1) is 0 Å². The SMILES string of the molecule is C1CCC2(CCNCC2)OC1.CC(C)(C)OC(=O)N1CC2C(N)C2C1.CC(C)(C)OC(=O)N1CCC2(CCCC2)CC1.CC(C)(C)OC(=O)NCC1C2CNCC21. The summed E-state index contributed by atoms with van der Waals surface area (Å²) in [6, 6.07) is 0.327. The van der Waals surface area contributed by atoms with Crippen molar-refractivity contribution in [2.75, 3.05) is 65.5 Å². The Balaban J connectivity index is 0.000000146. The van der Waals surface area contributed by atoms with Gasteiger partial charge in [0.2, 0.25) is 0 Å². The van der Waals surface area contributed by atoms with Crippen LogP contribution in [-0.2, 0) is 18.9 Å². The maximum absolute atomic E-state index is 11.9. The number of carbonyl (C=O) groups is 3. The average molecular weight is 805 g/mol. The maximum atomic E-state index is 11.9. The first-order chi connectivity index (χ1) is 26.7. The maximum Gasteiger partial charge on any atom is 0.410 e. The van der Waals surface area contributed by atoms with E-state index in [2.05, 4.69) is 16.0 Å². The monoisotopic (exact) mass is 805 g/mol. The van der Waals surface area contributed by atoms with Gasteiger partial charge in [-0.1, -0.05) is 12.8 Å². The summed E-state index contributed by atoms with van der Waals surface area (Å²) >= 11 is 0. The number of carbonyl (C=O) groups excluding carboxylic acids is 3. The fourth-order valence-corrected chi connectivity index (χ4v) is 9.71. The van der Waals surface area contributed by atoms with Crippen LogP contribution in [0.3, 0.4) is 0 Å². The largest absolute Gasteiger partial charge is 0.444 e. The minimum Gasteiger partial charge on any atom is -0.444 e. The predicted molar refractivity (Wildman–Crippen MR) is 223 cm³/mol. The van der Waals surface area contributed by atoms with Gasteiger partial charge in [0.25, 0.3) is 0 Å². The molecule has 3 saturated carbocycles. The summed E-state index contributed by atoms with van der Waals surface area (Å²) in [7, 11) is 0. The van der Waals surface area contributed by atoms with E-state index in [4.69, 9.17) is 24.7 Å². The van der Waals surface area contributed by atoms with Gasteiger partial charge in [0.15, 0.2) is 0 Å². The molecular weight excluding hydrogens is 725 g/mol. The standard InChI is InChI=1S/C14H25NO2.C11H20N2O2.C10H18N2O2.C9H17NO/c1-13(2,3)17-12(16)15-10-8-14(9-11-15)6-4-5-7-14;1-11(2,3)15-10(14)13-6-9-7-4-12-5-8(7)9;1-10(2,3)14-9(13)12-4-6-7(5-12)8(6)11;1-2-8-11-9(3-1)4-6-10-7-5-9/h4-11H2,1-3H3;7-9,12H,4-6H2,1-3H3,(H,13,14);6-8H,4-5,11H2,1-3H3;10H,1-8H2. The molecule has 5 saturated heterocycles. The molecule has 0 radical (unpaired) electrons. The summed E-state index contributed by atoms with van der Waals surface area (Å²) in [6.45, 7) is 26.7. The van der Waals surface area contributed by atoms with Gasteiger partial charge in [-0.3, -0.25) is 0 Å². The van der Waals surface area contributed by atoms with Crippen LogP contribution < -0.4 is 21.7 Å². The molecule has 0 aromatic carbocycles. The summed E-state index contributed by atoms with van der Waals surface area (Å²) in [4.78, 5) is 38.5. The molecule has 13 heteroatoms. The number of fused-ring (bicyclic) bond motifs is 2. The highest BCUT2D eigenvalue weighted by atomic mass is 16.6. The summed E-state index contributed by atoms with van der Waals surface area (Å²) in [5, 5.41) is 9.55. The summed E-state index contributed by atoms with van der Waals surface area (Å²) in [6.07, 6.45) is 13.6. The van der Waals surface area contributed by atoms with Crippen LogP contribution in [0.4, 0.5) is 14.4 Å². The van der Waals surface area contributed by atoms with Crippen molar-refractivity contribution >= 4 is 18.3 Å². The quantitative estimate of drug-likeness (QED) is 0.222. The van der Waals surface area contributed by atoms with E-state index >= 15 is 0 Å². The first-order valence-electron chi connectivity index (χ1n) is 22.4. The number of nitrogens with two attached hydrogens (primary N) is 1. The van der Waals surface area contributed by atoms with Gasteiger partial charge in [0.05, 0.1) is 5.60 Å². The summed E-state index contributed by atoms with van der Waals surface area (Å²) < 4.78 is 21.7. The summed E-state index contributed by atoms with van der Waals surface area (Å²) in [5.41, 5.74) is 5.48. The number of likely N-dealkylation sites (tertiary alicyclic amines) is 2. The van der Waals surface area contributed by atoms with Gasteiger partial charge >= 0.3 is 18.3 Å². The van der Waals surface area contributed by atoms with Crippen molar-refractivity contribution in [1.29, 1.82) is 0 Å². The molecular formula is C44H80N6O7. The minimum atomic E-state index is -0.398. The normalized spacial score (nSPS) is 30.6. The van der Waals surface area contributed by atoms with E-state index in [1.807, 2.05) is 67.2 Å². The number of rotatable bonds is 2. The number of amides is 3. The molecule has 4 unspecified atom stereocenters. The van der Waals surface area contributed by atoms with E-state index in [1.165, 1.54) is 70.6 Å². The van der Waals surface area contributed by atoms with Gasteiger partial charge in [-0.25, -0.2) is 14.4 Å². The molecule has 4 atom stereocenters. The lowest BCUT2D eigenvalue weighted by atomic mass is 9.77. The van der Waals surface area contributed by atoms with Crippen molar-refractivity contribution < 1.29 is 33.3 Å². The molecule has 0 aromatic heterocycles. The fraction of sp³-hybridized carbons (Fsp3) is 0.932. The van der Waals surface area contributed by atoms with Crippen molar-refractivity contribution in [1.82, 2.24) is 25.8 Å². The lowest BCUT2D eigenvalue weighted by molar-refractivity contribution is -0.0952. The highest BCUT2D eigenvalue weighted by Gasteiger charge is 2.55. The Bertz CT molecular complexity index is 1270. The molecule has 8 rings (SSSR count). The van der Waals surface area contributed by atoms with Crippen LogP contribution in [-0.4, -0.2) is 122 Å². The zero-order chi connectivity index (χ0) is 41.6. The molecule has 3 aliphatic carbocycles. The highest BCUT2D eigenvalue weighted by molar-refractivity contribution is 5.69. The van der Waals surface area contributed by atoms with Crippen LogP contribution in [0.2, 0.25) is 0 Å². The molecule has 8 aliphatic rings. The first kappa shape index (κ1) is 45.7. The Labute approximate surface area is 344 Å². The molecule has 5 heterocycles. The van der Waals surface area contributed by atoms with Crippen molar-refractivity contribution in [2.45, 2.75) is 161 Å². The number of hydrogen-bond donors (Lipinski definition) is 4. The number of nitrogens with zero attached hydrogens (tertiary/aromatic N) is 2. The van der Waals surface area contributed by atoms with Gasteiger partial charge in [0, 0.05) is 45.4 Å². The molecule has 13 nitrogen and oxygen atoms in total. The van der Waals surface area contributed by atoms with Gasteiger partial charge in [-0.05, 0) is 181 Å². The van der Waals surface area contributed by atoms with Crippen LogP contribution in [0.25, 0.3) is 0 Å². The molecule has 3 amide bonds. The van der Waals surface area contributed by atoms with Crippen molar-refractivity contribution in [2.24, 2.45) is 40.7 Å². The Hall–Kier alpha value is -2.35. The smallest absolute Gasteiger partial charge is 0.410 e. The molecule has 0 aromatic rings. The molecule has 328 valence electrons. The Morgan fingerprint density at radius 1 is 0.667 bits per heavy atom. The summed E-state index contributed by atoms with van der Waals surface area (Å²) in [5.74, 6) is 3.32. The third kappa shape index (κ3) is 14.1. The second-order valence-corrected chi connectivity index (χ2v) is 21.2. The zero-order valence-electron chi connectivity index (χ0n) is 37.1. The second-order valence-electron chi connectivity index (χ2n) is 21.2. The number of hydrogen-bond acceptors (Lipinski definition) is 10. The average Bonchev–Trinajstić information content (AvgIpc) is 3.58. The third-order valence-electron chi connectivity index (χ3n) is 13.2. The molecule has 2 spiro atoms. The van der Waals surface area contributed by atoms with E-state index in [-0.39, 0.29) is 23.9 Å². The van der Waals surface area contributed by atoms with Crippen molar-refractivity contribution in [3.63, 3.8) is 0 Å². The van der Waals surface area contributed by atoms with E-state index in [1.54, 1.807) is 4.90 Å². The minimum absolute atomic E-state index is 0.134. The number of ether oxygens (including phenoxy) is 4. The van der Waals surface area contributed by atoms with Crippen molar-refractivity contribution in [3.8, 4) is 0 Å². The lowest BCUT2D eigenvalue weighted by Crippen LogP contribution is -2.45. The zero-order valence-corrected chi connectivity index (χ0v) is 37.1. The molecule has 8 fully saturated rings. The molecule has 5 aliphatic heterocycles. The highest BCUT2D eigenvalue weighted by Crippen LogP contribution is 2.48. The van der Waals surface area contributed by atoms with Crippen LogP contribution in [0.1, 0.15) is 133 Å². The van der Waals surface area contributed by atoms with E-state index in [0.717, 1.165) is 77.3 Å². The van der Waals surface area contributed by atoms with E-state index < -0.39 is 11.2 Å². The van der Waals surface area contributed by atoms with Crippen LogP contribution in [0.15, 0.2) is 0 Å². The third-order valence-corrected chi connectivity index (χ3v) is 13.2. The fourth-order valence-electron chi connectivity index (χ4n) is 9.71. The second kappa shape index (κ2) is 18.9. The molecule has 5 N–H and O–H groups in total. The van der Waals surface area contributed by atoms with E-state index in [9.17, 15) is 14.4 Å². The molecule has 0 bridgehead atoms. The Morgan fingerprint density at radius 3 is 1.67 bits per heavy atom. The Kier molecular flexibility index (Phi) is 15.2. The lowest BCUT2D eigenvalue weighted by Gasteiger charge is -2.40. The van der Waals surface area contributed by atoms with Gasteiger partial charge in [-0.2, -0.15) is 0 Å². The molecule has 57 heavy (non-hydrogen) atoms. The van der Waals surface area contributed by atoms with Crippen LogP contribution in [0.5, 0.6) is 0 Å². The van der Waals surface area contributed by atoms with Gasteiger partial charge in [0.1, 0.15) is 16.8 Å².